The molecule has 10 heteroatoms. The Kier molecular flexibility index (Phi) is 5.13. The Morgan fingerprint density at radius 2 is 1.96 bits per heavy atom. The van der Waals surface area contributed by atoms with Gasteiger partial charge in [-0.2, -0.15) is 4.98 Å². The van der Waals surface area contributed by atoms with Gasteiger partial charge in [0, 0.05) is 29.5 Å². The van der Waals surface area contributed by atoms with E-state index in [1.54, 1.807) is 24.2 Å². The average Bonchev–Trinajstić information content (AvgIpc) is 2.56. The lowest BCUT2D eigenvalue weighted by Crippen LogP contribution is -2.47. The van der Waals surface area contributed by atoms with E-state index in [9.17, 15) is 13.2 Å². The molecule has 1 N–H and O–H groups in total. The lowest BCUT2D eigenvalue weighted by atomic mass is 10.2. The molecule has 2 aromatic rings. The molecule has 2 heterocycles. The zero-order valence-corrected chi connectivity index (χ0v) is 17.8. The number of benzene rings is 1. The van der Waals surface area contributed by atoms with Crippen LogP contribution in [0.5, 0.6) is 0 Å². The highest BCUT2D eigenvalue weighted by atomic mass is 79.9. The predicted octanol–water partition coefficient (Wildman–Crippen LogP) is 2.58. The van der Waals surface area contributed by atoms with E-state index in [4.69, 9.17) is 0 Å². The third-order valence-corrected chi connectivity index (χ3v) is 5.79. The van der Waals surface area contributed by atoms with Crippen LogP contribution < -0.4 is 15.1 Å². The summed E-state index contributed by atoms with van der Waals surface area (Å²) in [6.45, 7) is 4.22. The molecule has 1 aliphatic rings. The van der Waals surface area contributed by atoms with E-state index >= 15 is 0 Å². The Morgan fingerprint density at radius 3 is 2.59 bits per heavy atom. The SMILES string of the molecule is CC(C)N1CC(=O)N(C)c2cnc(Nc3cc(Br)cc(S(C)(=O)=O)c3)nc21. The van der Waals surface area contributed by atoms with Gasteiger partial charge in [-0.1, -0.05) is 15.9 Å². The van der Waals surface area contributed by atoms with Gasteiger partial charge in [-0.25, -0.2) is 13.4 Å². The maximum Gasteiger partial charge on any atom is 0.246 e. The third-order valence-electron chi connectivity index (χ3n) is 4.24. The molecule has 0 saturated heterocycles. The number of nitrogens with one attached hydrogen (secondary N) is 1. The summed E-state index contributed by atoms with van der Waals surface area (Å²) in [6, 6.07) is 4.90. The molecule has 1 aliphatic heterocycles. The number of carbonyl (C=O) groups excluding carboxylic acids is 1. The molecule has 3 rings (SSSR count). The van der Waals surface area contributed by atoms with Gasteiger partial charge in [0.05, 0.1) is 17.6 Å². The molecule has 1 aromatic carbocycles. The van der Waals surface area contributed by atoms with Crippen LogP contribution in [0.15, 0.2) is 33.8 Å². The minimum absolute atomic E-state index is 0.0229. The van der Waals surface area contributed by atoms with Crippen molar-refractivity contribution in [2.24, 2.45) is 0 Å². The monoisotopic (exact) mass is 453 g/mol. The minimum Gasteiger partial charge on any atom is -0.343 e. The maximum absolute atomic E-state index is 12.2. The van der Waals surface area contributed by atoms with Crippen molar-refractivity contribution < 1.29 is 13.2 Å². The first kappa shape index (κ1) is 19.6. The fourth-order valence-electron chi connectivity index (χ4n) is 2.74. The fourth-order valence-corrected chi connectivity index (χ4v) is 4.07. The summed E-state index contributed by atoms with van der Waals surface area (Å²) in [4.78, 5) is 24.6. The summed E-state index contributed by atoms with van der Waals surface area (Å²) in [6.07, 6.45) is 2.74. The van der Waals surface area contributed by atoms with Crippen LogP contribution in [0.3, 0.4) is 0 Å². The van der Waals surface area contributed by atoms with E-state index in [-0.39, 0.29) is 23.4 Å². The molecular formula is C17H20BrN5O3S. The van der Waals surface area contributed by atoms with Gasteiger partial charge in [0.25, 0.3) is 0 Å². The zero-order chi connectivity index (χ0) is 19.9. The van der Waals surface area contributed by atoms with E-state index in [1.165, 1.54) is 12.1 Å². The standard InChI is InChI=1S/C17H20BrN5O3S/c1-10(2)23-9-15(24)22(3)14-8-19-17(21-16(14)23)20-12-5-11(18)6-13(7-12)27(4,25)26/h5-8,10H,9H2,1-4H3,(H,19,20,21). The molecule has 0 radical (unpaired) electrons. The molecule has 0 spiro atoms. The minimum atomic E-state index is -3.35. The fraction of sp³-hybridized carbons (Fsp3) is 0.353. The van der Waals surface area contributed by atoms with Gasteiger partial charge in [0.1, 0.15) is 5.69 Å². The van der Waals surface area contributed by atoms with Crippen molar-refractivity contribution in [3.05, 3.63) is 28.9 Å². The molecule has 0 fully saturated rings. The van der Waals surface area contributed by atoms with Gasteiger partial charge in [-0.05, 0) is 32.0 Å². The number of hydrogen-bond donors (Lipinski definition) is 1. The number of fused-ring (bicyclic) bond motifs is 1. The molecule has 0 aliphatic carbocycles. The number of likely N-dealkylation sites (N-methyl/N-ethyl adjacent to an activating group) is 1. The average molecular weight is 454 g/mol. The number of nitrogens with zero attached hydrogens (tertiary/aromatic N) is 4. The highest BCUT2D eigenvalue weighted by Gasteiger charge is 2.30. The molecule has 0 saturated carbocycles. The Morgan fingerprint density at radius 1 is 1.26 bits per heavy atom. The van der Waals surface area contributed by atoms with Crippen molar-refractivity contribution in [1.29, 1.82) is 0 Å². The second kappa shape index (κ2) is 7.08. The van der Waals surface area contributed by atoms with Crippen LogP contribution in [0, 0.1) is 0 Å². The van der Waals surface area contributed by atoms with Crippen molar-refractivity contribution in [3.63, 3.8) is 0 Å². The maximum atomic E-state index is 12.2. The van der Waals surface area contributed by atoms with Crippen LogP contribution in [-0.4, -0.2) is 50.2 Å². The van der Waals surface area contributed by atoms with E-state index in [1.807, 2.05) is 18.7 Å². The van der Waals surface area contributed by atoms with Gasteiger partial charge >= 0.3 is 0 Å². The summed E-state index contributed by atoms with van der Waals surface area (Å²) < 4.78 is 24.3. The lowest BCUT2D eigenvalue weighted by molar-refractivity contribution is -0.117. The number of aromatic nitrogens is 2. The van der Waals surface area contributed by atoms with E-state index in [2.05, 4.69) is 31.2 Å². The lowest BCUT2D eigenvalue weighted by Gasteiger charge is -2.36. The molecule has 0 unspecified atom stereocenters. The molecule has 144 valence electrons. The Hall–Kier alpha value is -2.20. The molecule has 0 bridgehead atoms. The molecule has 1 aromatic heterocycles. The highest BCUT2D eigenvalue weighted by Crippen LogP contribution is 2.33. The van der Waals surface area contributed by atoms with Gasteiger partial charge in [-0.3, -0.25) is 4.79 Å². The number of sulfone groups is 1. The number of halogens is 1. The van der Waals surface area contributed by atoms with Gasteiger partial charge < -0.3 is 15.1 Å². The van der Waals surface area contributed by atoms with E-state index in [0.29, 0.717) is 27.6 Å². The number of hydrogen-bond acceptors (Lipinski definition) is 7. The number of amides is 1. The van der Waals surface area contributed by atoms with E-state index in [0.717, 1.165) is 6.26 Å². The number of anilines is 4. The summed E-state index contributed by atoms with van der Waals surface area (Å²) in [5.41, 5.74) is 1.18. The van der Waals surface area contributed by atoms with Gasteiger partial charge in [0.2, 0.25) is 11.9 Å². The smallest absolute Gasteiger partial charge is 0.246 e. The summed E-state index contributed by atoms with van der Waals surface area (Å²) >= 11 is 3.32. The molecule has 1 amide bonds. The van der Waals surface area contributed by atoms with Crippen molar-refractivity contribution >= 4 is 54.8 Å². The topological polar surface area (TPSA) is 95.5 Å². The Labute approximate surface area is 166 Å². The highest BCUT2D eigenvalue weighted by molar-refractivity contribution is 9.10. The second-order valence-electron chi connectivity index (χ2n) is 6.65. The number of carbonyl (C=O) groups is 1. The first-order chi connectivity index (χ1) is 12.6. The largest absolute Gasteiger partial charge is 0.343 e. The van der Waals surface area contributed by atoms with Gasteiger partial charge in [0.15, 0.2) is 15.7 Å². The van der Waals surface area contributed by atoms with Crippen LogP contribution in [0.4, 0.5) is 23.1 Å². The normalized spacial score (nSPS) is 14.5. The third kappa shape index (κ3) is 4.06. The zero-order valence-electron chi connectivity index (χ0n) is 15.4. The van der Waals surface area contributed by atoms with E-state index < -0.39 is 9.84 Å². The molecule has 8 nitrogen and oxygen atoms in total. The van der Waals surface area contributed by atoms with Crippen molar-refractivity contribution in [3.8, 4) is 0 Å². The van der Waals surface area contributed by atoms with Crippen molar-refractivity contribution in [2.45, 2.75) is 24.8 Å². The van der Waals surface area contributed by atoms with Crippen LogP contribution in [-0.2, 0) is 14.6 Å². The predicted molar refractivity (Wildman–Crippen MR) is 108 cm³/mol. The Balaban J connectivity index is 2.00. The second-order valence-corrected chi connectivity index (χ2v) is 9.58. The molecule has 0 atom stereocenters. The quantitative estimate of drug-likeness (QED) is 0.759. The Bertz CT molecular complexity index is 1010. The van der Waals surface area contributed by atoms with Crippen molar-refractivity contribution in [1.82, 2.24) is 9.97 Å². The molecule has 27 heavy (non-hydrogen) atoms. The molecular weight excluding hydrogens is 434 g/mol. The number of rotatable bonds is 4. The first-order valence-corrected chi connectivity index (χ1v) is 10.9. The van der Waals surface area contributed by atoms with Crippen LogP contribution >= 0.6 is 15.9 Å². The summed E-state index contributed by atoms with van der Waals surface area (Å²) in [5, 5.41) is 3.05. The van der Waals surface area contributed by atoms with Crippen LogP contribution in [0.1, 0.15) is 13.8 Å². The van der Waals surface area contributed by atoms with Crippen LogP contribution in [0.2, 0.25) is 0 Å². The first-order valence-electron chi connectivity index (χ1n) is 8.24. The van der Waals surface area contributed by atoms with Crippen molar-refractivity contribution in [2.75, 3.05) is 35.0 Å². The summed E-state index contributed by atoms with van der Waals surface area (Å²) in [7, 11) is -1.65. The van der Waals surface area contributed by atoms with Crippen LogP contribution in [0.25, 0.3) is 0 Å². The van der Waals surface area contributed by atoms with Gasteiger partial charge in [-0.15, -0.1) is 0 Å². The summed E-state index contributed by atoms with van der Waals surface area (Å²) in [5.74, 6) is 0.952.